The summed E-state index contributed by atoms with van der Waals surface area (Å²) in [7, 11) is 5.39. The number of allylic oxidation sites excluding steroid dienone is 16. The van der Waals surface area contributed by atoms with Crippen molar-refractivity contribution in [3.8, 4) is 0 Å². The van der Waals surface area contributed by atoms with E-state index >= 15 is 0 Å². The fourth-order valence-electron chi connectivity index (χ4n) is 6.83. The number of likely N-dealkylation sites (N-methyl/N-ethyl adjacent to an activating group) is 1. The van der Waals surface area contributed by atoms with Crippen LogP contribution in [0.4, 0.5) is 0 Å². The standard InChI is InChI=1S/C56H93NO7/c1-6-8-10-12-14-16-18-20-22-24-26-27-28-29-31-32-34-36-38-40-42-44-46-54(58)63-51-52(50-62-49-48-53(56(60)61)57(3,4)5)64-55(59)47-45-43-41-39-37-35-33-30-25-23-21-19-17-15-13-11-9-7-2/h8,10,14,16,20,22-23,25-27,29-31,33-34,36,52-53H,6-7,9,11-13,15,17-19,21,24,28,32,35,37-51H2,1-5H3/b10-8+,16-14+,22-20+,25-23+,27-26+,31-29+,33-30+,36-34+. The maximum absolute atomic E-state index is 12.8. The summed E-state index contributed by atoms with van der Waals surface area (Å²) in [6.07, 6.45) is 61.5. The van der Waals surface area contributed by atoms with Crippen LogP contribution in [-0.2, 0) is 28.6 Å². The van der Waals surface area contributed by atoms with E-state index in [9.17, 15) is 19.5 Å². The predicted octanol–water partition coefficient (Wildman–Crippen LogP) is 13.3. The first-order valence-electron chi connectivity index (χ1n) is 25.3. The van der Waals surface area contributed by atoms with Crippen LogP contribution in [0, 0.1) is 0 Å². The van der Waals surface area contributed by atoms with Crippen LogP contribution in [-0.4, -0.2) is 75.5 Å². The lowest BCUT2D eigenvalue weighted by atomic mass is 10.1. The highest BCUT2D eigenvalue weighted by molar-refractivity contribution is 5.70. The minimum Gasteiger partial charge on any atom is -0.544 e. The summed E-state index contributed by atoms with van der Waals surface area (Å²) in [5, 5.41) is 11.7. The lowest BCUT2D eigenvalue weighted by Crippen LogP contribution is -2.55. The van der Waals surface area contributed by atoms with Crippen LogP contribution >= 0.6 is 0 Å². The van der Waals surface area contributed by atoms with Crippen LogP contribution in [0.15, 0.2) is 97.2 Å². The number of carbonyl (C=O) groups excluding carboxylic acids is 3. The van der Waals surface area contributed by atoms with E-state index in [1.807, 2.05) is 0 Å². The molecule has 0 saturated carbocycles. The molecule has 0 bridgehead atoms. The summed E-state index contributed by atoms with van der Waals surface area (Å²) in [6, 6.07) is -0.740. The van der Waals surface area contributed by atoms with Gasteiger partial charge in [-0.15, -0.1) is 0 Å². The van der Waals surface area contributed by atoms with E-state index in [2.05, 4.69) is 111 Å². The number of nitrogens with zero attached hydrogens (tertiary/aromatic N) is 1. The molecule has 0 heterocycles. The summed E-state index contributed by atoms with van der Waals surface area (Å²) in [5.41, 5.74) is 0. The van der Waals surface area contributed by atoms with Crippen molar-refractivity contribution in [3.63, 3.8) is 0 Å². The van der Waals surface area contributed by atoms with Crippen molar-refractivity contribution < 1.29 is 38.2 Å². The third kappa shape index (κ3) is 43.5. The number of hydrogen-bond donors (Lipinski definition) is 0. The largest absolute Gasteiger partial charge is 0.544 e. The highest BCUT2D eigenvalue weighted by Gasteiger charge is 2.25. The van der Waals surface area contributed by atoms with Gasteiger partial charge < -0.3 is 28.6 Å². The summed E-state index contributed by atoms with van der Waals surface area (Å²) < 4.78 is 17.2. The number of esters is 2. The van der Waals surface area contributed by atoms with Crippen LogP contribution in [0.3, 0.4) is 0 Å². The second kappa shape index (κ2) is 45.8. The number of hydrogen-bond acceptors (Lipinski definition) is 7. The second-order valence-electron chi connectivity index (χ2n) is 17.7. The minimum absolute atomic E-state index is 0.0176. The first kappa shape index (κ1) is 60.2. The molecule has 0 saturated heterocycles. The maximum atomic E-state index is 12.8. The van der Waals surface area contributed by atoms with Crippen LogP contribution in [0.5, 0.6) is 0 Å². The molecule has 0 N–H and O–H groups in total. The average molecular weight is 892 g/mol. The van der Waals surface area contributed by atoms with Gasteiger partial charge in [0.2, 0.25) is 0 Å². The molecule has 0 radical (unpaired) electrons. The number of carboxylic acids is 1. The van der Waals surface area contributed by atoms with E-state index in [1.165, 1.54) is 44.9 Å². The summed E-state index contributed by atoms with van der Waals surface area (Å²) in [4.78, 5) is 37.0. The molecule has 0 fully saturated rings. The molecule has 0 aliphatic rings. The van der Waals surface area contributed by atoms with Gasteiger partial charge >= 0.3 is 11.9 Å². The third-order valence-electron chi connectivity index (χ3n) is 10.7. The van der Waals surface area contributed by atoms with Crippen molar-refractivity contribution in [1.29, 1.82) is 0 Å². The fraction of sp³-hybridized carbons (Fsp3) is 0.661. The zero-order chi connectivity index (χ0) is 47.0. The lowest BCUT2D eigenvalue weighted by molar-refractivity contribution is -0.889. The van der Waals surface area contributed by atoms with Gasteiger partial charge in [0.05, 0.1) is 40.3 Å². The molecule has 0 aromatic carbocycles. The second-order valence-corrected chi connectivity index (χ2v) is 17.7. The summed E-state index contributed by atoms with van der Waals surface area (Å²) >= 11 is 0. The normalized spacial score (nSPS) is 13.7. The van der Waals surface area contributed by atoms with Gasteiger partial charge in [-0.25, -0.2) is 0 Å². The molecule has 2 unspecified atom stereocenters. The Balaban J connectivity index is 4.38. The predicted molar refractivity (Wildman–Crippen MR) is 268 cm³/mol. The van der Waals surface area contributed by atoms with Crippen molar-refractivity contribution in [2.24, 2.45) is 0 Å². The number of rotatable bonds is 44. The van der Waals surface area contributed by atoms with Gasteiger partial charge in [0.1, 0.15) is 12.6 Å². The SMILES string of the molecule is CC/C=C/C/C=C/C/C=C/C/C=C/C/C=C/C/C=C/CCCCCC(=O)OCC(COCCC(C(=O)[O-])[N+](C)(C)C)OC(=O)CCCCCCC/C=C/C=C/CCCCCCCCC. The van der Waals surface area contributed by atoms with Gasteiger partial charge in [-0.1, -0.05) is 175 Å². The molecule has 0 rings (SSSR count). The Morgan fingerprint density at radius 2 is 0.922 bits per heavy atom. The Hall–Kier alpha value is -3.75. The van der Waals surface area contributed by atoms with Gasteiger partial charge in [0.15, 0.2) is 6.10 Å². The van der Waals surface area contributed by atoms with Gasteiger partial charge in [-0.3, -0.25) is 9.59 Å². The molecule has 0 aliphatic heterocycles. The molecule has 8 heteroatoms. The van der Waals surface area contributed by atoms with E-state index in [4.69, 9.17) is 14.2 Å². The third-order valence-corrected chi connectivity index (χ3v) is 10.7. The van der Waals surface area contributed by atoms with Crippen molar-refractivity contribution >= 4 is 17.9 Å². The van der Waals surface area contributed by atoms with Crippen molar-refractivity contribution in [1.82, 2.24) is 0 Å². The monoisotopic (exact) mass is 892 g/mol. The van der Waals surface area contributed by atoms with E-state index in [0.717, 1.165) is 109 Å². The molecular formula is C56H93NO7. The number of carboxylic acid groups (broad SMARTS) is 1. The zero-order valence-corrected chi connectivity index (χ0v) is 41.4. The fourth-order valence-corrected chi connectivity index (χ4v) is 6.83. The highest BCUT2D eigenvalue weighted by atomic mass is 16.6. The zero-order valence-electron chi connectivity index (χ0n) is 41.4. The molecule has 8 nitrogen and oxygen atoms in total. The maximum Gasteiger partial charge on any atom is 0.306 e. The summed E-state index contributed by atoms with van der Waals surface area (Å²) in [5.74, 6) is -1.81. The molecule has 2 atom stereocenters. The van der Waals surface area contributed by atoms with Gasteiger partial charge in [-0.05, 0) is 89.9 Å². The molecular weight excluding hydrogens is 799 g/mol. The Morgan fingerprint density at radius 1 is 0.500 bits per heavy atom. The Labute approximate surface area is 392 Å². The van der Waals surface area contributed by atoms with E-state index in [0.29, 0.717) is 12.8 Å². The Kier molecular flexibility index (Phi) is 43.1. The number of aliphatic carboxylic acids is 1. The quantitative estimate of drug-likeness (QED) is 0.0197. The Bertz CT molecular complexity index is 1360. The van der Waals surface area contributed by atoms with Gasteiger partial charge in [-0.2, -0.15) is 0 Å². The van der Waals surface area contributed by atoms with Crippen LogP contribution < -0.4 is 5.11 Å². The number of ether oxygens (including phenoxy) is 3. The van der Waals surface area contributed by atoms with Crippen molar-refractivity contribution in [2.75, 3.05) is 41.0 Å². The highest BCUT2D eigenvalue weighted by Crippen LogP contribution is 2.13. The smallest absolute Gasteiger partial charge is 0.306 e. The number of carbonyl (C=O) groups is 3. The van der Waals surface area contributed by atoms with Crippen LogP contribution in [0.2, 0.25) is 0 Å². The first-order chi connectivity index (χ1) is 31.1. The molecule has 364 valence electrons. The average Bonchev–Trinajstić information content (AvgIpc) is 3.26. The van der Waals surface area contributed by atoms with Gasteiger partial charge in [0, 0.05) is 19.3 Å². The first-order valence-corrected chi connectivity index (χ1v) is 25.3. The molecule has 0 aromatic rings. The lowest BCUT2D eigenvalue weighted by Gasteiger charge is -2.34. The van der Waals surface area contributed by atoms with Crippen LogP contribution in [0.25, 0.3) is 0 Å². The van der Waals surface area contributed by atoms with E-state index in [1.54, 1.807) is 21.1 Å². The minimum atomic E-state index is -1.14. The van der Waals surface area contributed by atoms with E-state index < -0.39 is 18.1 Å². The number of quaternary nitrogens is 1. The molecule has 0 spiro atoms. The van der Waals surface area contributed by atoms with E-state index in [-0.39, 0.29) is 42.7 Å². The van der Waals surface area contributed by atoms with Crippen molar-refractivity contribution in [2.45, 2.75) is 199 Å². The molecule has 64 heavy (non-hydrogen) atoms. The summed E-state index contributed by atoms with van der Waals surface area (Å²) in [6.45, 7) is 4.48. The molecule has 0 aromatic heterocycles. The number of unbranched alkanes of at least 4 members (excludes halogenated alkanes) is 15. The van der Waals surface area contributed by atoms with Crippen molar-refractivity contribution in [3.05, 3.63) is 97.2 Å². The Morgan fingerprint density at radius 3 is 1.41 bits per heavy atom. The molecule has 0 amide bonds. The van der Waals surface area contributed by atoms with Gasteiger partial charge in [0.25, 0.3) is 0 Å². The topological polar surface area (TPSA) is 102 Å². The van der Waals surface area contributed by atoms with Crippen LogP contribution in [0.1, 0.15) is 187 Å². The molecule has 0 aliphatic carbocycles.